The normalized spacial score (nSPS) is 21.3. The molecule has 7 heteroatoms. The van der Waals surface area contributed by atoms with E-state index in [1.165, 1.54) is 17.4 Å². The number of nitrogens with one attached hydrogen (secondary N) is 1. The van der Waals surface area contributed by atoms with Crippen LogP contribution in [0.1, 0.15) is 16.7 Å². The minimum Gasteiger partial charge on any atom is -0.497 e. The van der Waals surface area contributed by atoms with Gasteiger partial charge in [0.05, 0.1) is 12.9 Å². The quantitative estimate of drug-likeness (QED) is 0.489. The highest BCUT2D eigenvalue weighted by Crippen LogP contribution is 2.49. The van der Waals surface area contributed by atoms with Crippen molar-refractivity contribution in [1.29, 1.82) is 0 Å². The molecule has 2 aliphatic rings. The number of methoxy groups -OCH3 is 1. The van der Waals surface area contributed by atoms with Crippen LogP contribution in [0.15, 0.2) is 72.8 Å². The van der Waals surface area contributed by atoms with Crippen molar-refractivity contribution < 1.29 is 17.9 Å². The predicted molar refractivity (Wildman–Crippen MR) is 139 cm³/mol. The Morgan fingerprint density at radius 1 is 1.00 bits per heavy atom. The summed E-state index contributed by atoms with van der Waals surface area (Å²) in [5.41, 5.74) is 4.70. The number of likely N-dealkylation sites (tertiary alicyclic amines) is 1. The molecule has 0 amide bonds. The second-order valence-electron chi connectivity index (χ2n) is 9.66. The molecule has 1 spiro atoms. The first kappa shape index (κ1) is 23.7. The van der Waals surface area contributed by atoms with E-state index < -0.39 is 9.84 Å². The average molecular weight is 493 g/mol. The van der Waals surface area contributed by atoms with Crippen LogP contribution in [0.2, 0.25) is 0 Å². The third-order valence-electron chi connectivity index (χ3n) is 7.27. The summed E-state index contributed by atoms with van der Waals surface area (Å²) in [4.78, 5) is 2.32. The minimum atomic E-state index is -3.02. The Balaban J connectivity index is 1.36. The molecule has 1 saturated heterocycles. The van der Waals surface area contributed by atoms with Crippen LogP contribution < -0.4 is 14.8 Å². The summed E-state index contributed by atoms with van der Waals surface area (Å²) in [6.07, 6.45) is 2.16. The van der Waals surface area contributed by atoms with Gasteiger partial charge in [-0.05, 0) is 41.3 Å². The Hall–Kier alpha value is -3.03. The van der Waals surface area contributed by atoms with Crippen LogP contribution in [0.4, 0.5) is 5.69 Å². The number of hydrogen-bond acceptors (Lipinski definition) is 6. The van der Waals surface area contributed by atoms with E-state index in [1.807, 2.05) is 30.3 Å². The molecule has 1 N–H and O–H groups in total. The summed E-state index contributed by atoms with van der Waals surface area (Å²) in [7, 11) is -1.35. The maximum atomic E-state index is 11.9. The maximum absolute atomic E-state index is 11.9. The fourth-order valence-electron chi connectivity index (χ4n) is 5.36. The van der Waals surface area contributed by atoms with Gasteiger partial charge < -0.3 is 14.8 Å². The molecule has 0 bridgehead atoms. The van der Waals surface area contributed by atoms with Gasteiger partial charge in [-0.3, -0.25) is 4.90 Å². The van der Waals surface area contributed by atoms with Crippen molar-refractivity contribution in [2.24, 2.45) is 0 Å². The minimum absolute atomic E-state index is 0.0509. The second-order valence-corrected chi connectivity index (χ2v) is 11.9. The van der Waals surface area contributed by atoms with Crippen molar-refractivity contribution in [3.8, 4) is 11.5 Å². The van der Waals surface area contributed by atoms with Crippen molar-refractivity contribution >= 4 is 15.5 Å². The molecule has 184 valence electrons. The van der Waals surface area contributed by atoms with Gasteiger partial charge in [0.15, 0.2) is 0 Å². The smallest absolute Gasteiger partial charge is 0.148 e. The number of nitrogens with zero attached hydrogens (tertiary/aromatic N) is 1. The van der Waals surface area contributed by atoms with Crippen LogP contribution in [0.3, 0.4) is 0 Å². The Morgan fingerprint density at radius 2 is 1.74 bits per heavy atom. The molecule has 2 aliphatic heterocycles. The van der Waals surface area contributed by atoms with Crippen LogP contribution >= 0.6 is 0 Å². The maximum Gasteiger partial charge on any atom is 0.148 e. The molecule has 35 heavy (non-hydrogen) atoms. The molecular weight excluding hydrogens is 460 g/mol. The lowest BCUT2D eigenvalue weighted by Gasteiger charge is -2.56. The third kappa shape index (κ3) is 5.02. The van der Waals surface area contributed by atoms with E-state index in [4.69, 9.17) is 9.47 Å². The van der Waals surface area contributed by atoms with Crippen LogP contribution in [-0.4, -0.2) is 58.1 Å². The van der Waals surface area contributed by atoms with E-state index in [0.717, 1.165) is 42.3 Å². The standard InChI is InChI=1S/C28H32N2O4S/c1-33-23-10-8-21(9-11-23)16-27-28(20-30(27)14-15-35(2,31)32)19-29-26-17-24(12-13-25(26)28)34-18-22-6-4-3-5-7-22/h3-13,17,27,29H,14-16,18-20H2,1-2H3/t27-,28?/m1/s1. The molecule has 1 fully saturated rings. The third-order valence-corrected chi connectivity index (χ3v) is 8.20. The monoisotopic (exact) mass is 492 g/mol. The zero-order chi connectivity index (χ0) is 24.5. The summed E-state index contributed by atoms with van der Waals surface area (Å²) in [5.74, 6) is 1.85. The van der Waals surface area contributed by atoms with Crippen molar-refractivity contribution in [3.63, 3.8) is 0 Å². The molecule has 0 radical (unpaired) electrons. The molecule has 3 aromatic carbocycles. The zero-order valence-electron chi connectivity index (χ0n) is 20.2. The Bertz CT molecular complexity index is 1280. The lowest BCUT2D eigenvalue weighted by atomic mass is 9.66. The molecule has 3 aromatic rings. The Morgan fingerprint density at radius 3 is 2.46 bits per heavy atom. The molecule has 6 nitrogen and oxygen atoms in total. The summed E-state index contributed by atoms with van der Waals surface area (Å²) < 4.78 is 35.1. The highest BCUT2D eigenvalue weighted by molar-refractivity contribution is 7.90. The number of benzene rings is 3. The number of fused-ring (bicyclic) bond motifs is 2. The molecule has 0 saturated carbocycles. The fourth-order valence-corrected chi connectivity index (χ4v) is 5.93. The molecule has 0 aromatic heterocycles. The SMILES string of the molecule is COc1ccc(C[C@H]2N(CCS(C)(=O)=O)CC23CNc2cc(OCc4ccccc4)ccc23)cc1. The van der Waals surface area contributed by atoms with Gasteiger partial charge in [-0.1, -0.05) is 48.5 Å². The van der Waals surface area contributed by atoms with Gasteiger partial charge in [0.1, 0.15) is 27.9 Å². The van der Waals surface area contributed by atoms with E-state index in [-0.39, 0.29) is 17.2 Å². The average Bonchev–Trinajstić information content (AvgIpc) is 3.24. The van der Waals surface area contributed by atoms with Crippen molar-refractivity contribution in [1.82, 2.24) is 4.90 Å². The van der Waals surface area contributed by atoms with Gasteiger partial charge in [0, 0.05) is 49.1 Å². The van der Waals surface area contributed by atoms with Crippen LogP contribution in [0.5, 0.6) is 11.5 Å². The van der Waals surface area contributed by atoms with E-state index in [2.05, 4.69) is 52.7 Å². The number of anilines is 1. The van der Waals surface area contributed by atoms with E-state index >= 15 is 0 Å². The van der Waals surface area contributed by atoms with Crippen molar-refractivity contribution in [2.75, 3.05) is 44.1 Å². The van der Waals surface area contributed by atoms with Gasteiger partial charge in [0.25, 0.3) is 0 Å². The summed E-state index contributed by atoms with van der Waals surface area (Å²) in [6, 6.07) is 24.9. The number of ether oxygens (including phenoxy) is 2. The van der Waals surface area contributed by atoms with Crippen molar-refractivity contribution in [3.05, 3.63) is 89.5 Å². The van der Waals surface area contributed by atoms with Gasteiger partial charge in [-0.2, -0.15) is 0 Å². The number of rotatable bonds is 9. The molecule has 2 heterocycles. The first-order valence-electron chi connectivity index (χ1n) is 12.0. The Labute approximate surface area is 207 Å². The first-order chi connectivity index (χ1) is 16.9. The zero-order valence-corrected chi connectivity index (χ0v) is 21.1. The second kappa shape index (κ2) is 9.55. The van der Waals surface area contributed by atoms with E-state index in [9.17, 15) is 8.42 Å². The van der Waals surface area contributed by atoms with E-state index in [1.54, 1.807) is 7.11 Å². The van der Waals surface area contributed by atoms with E-state index in [0.29, 0.717) is 13.2 Å². The fraction of sp³-hybridized carbons (Fsp3) is 0.357. The largest absolute Gasteiger partial charge is 0.497 e. The molecular formula is C28H32N2O4S. The first-order valence-corrected chi connectivity index (χ1v) is 14.0. The van der Waals surface area contributed by atoms with Gasteiger partial charge in [-0.15, -0.1) is 0 Å². The highest BCUT2D eigenvalue weighted by Gasteiger charge is 2.56. The van der Waals surface area contributed by atoms with Gasteiger partial charge in [-0.25, -0.2) is 8.42 Å². The summed E-state index contributed by atoms with van der Waals surface area (Å²) >= 11 is 0. The van der Waals surface area contributed by atoms with Crippen molar-refractivity contribution in [2.45, 2.75) is 24.5 Å². The summed E-state index contributed by atoms with van der Waals surface area (Å²) in [5, 5.41) is 3.61. The van der Waals surface area contributed by atoms with Crippen LogP contribution in [0, 0.1) is 0 Å². The lowest BCUT2D eigenvalue weighted by molar-refractivity contribution is 0.000610. The van der Waals surface area contributed by atoms with Gasteiger partial charge >= 0.3 is 0 Å². The number of sulfone groups is 1. The number of hydrogen-bond donors (Lipinski definition) is 1. The van der Waals surface area contributed by atoms with Crippen LogP contribution in [0.25, 0.3) is 0 Å². The van der Waals surface area contributed by atoms with Crippen LogP contribution in [-0.2, 0) is 28.3 Å². The Kier molecular flexibility index (Phi) is 6.47. The predicted octanol–water partition coefficient (Wildman–Crippen LogP) is 3.91. The topological polar surface area (TPSA) is 67.9 Å². The molecule has 1 unspecified atom stereocenters. The van der Waals surface area contributed by atoms with Gasteiger partial charge in [0.2, 0.25) is 0 Å². The molecule has 0 aliphatic carbocycles. The highest BCUT2D eigenvalue weighted by atomic mass is 32.2. The molecule has 5 rings (SSSR count). The lowest BCUT2D eigenvalue weighted by Crippen LogP contribution is -2.69. The summed E-state index contributed by atoms with van der Waals surface area (Å²) in [6.45, 7) is 2.76. The molecule has 2 atom stereocenters.